The van der Waals surface area contributed by atoms with Gasteiger partial charge in [0.2, 0.25) is 0 Å². The molecule has 0 aliphatic heterocycles. The van der Waals surface area contributed by atoms with E-state index in [1.807, 2.05) is 25.1 Å². The Morgan fingerprint density at radius 3 is 2.79 bits per heavy atom. The van der Waals surface area contributed by atoms with Gasteiger partial charge >= 0.3 is 0 Å². The van der Waals surface area contributed by atoms with E-state index in [0.29, 0.717) is 5.56 Å². The highest BCUT2D eigenvalue weighted by Crippen LogP contribution is 2.15. The quantitative estimate of drug-likeness (QED) is 0.488. The van der Waals surface area contributed by atoms with E-state index >= 15 is 0 Å². The van der Waals surface area contributed by atoms with E-state index in [4.69, 9.17) is 0 Å². The first-order valence-electron chi connectivity index (χ1n) is 9.89. The van der Waals surface area contributed by atoms with E-state index in [-0.39, 0.29) is 18.7 Å². The Morgan fingerprint density at radius 1 is 1.12 bits per heavy atom. The maximum absolute atomic E-state index is 13.4. The number of nitrogens with one attached hydrogen (secondary N) is 1. The molecule has 0 radical (unpaired) electrons. The number of benzene rings is 2. The molecule has 0 aliphatic carbocycles. The molecule has 2 aromatic heterocycles. The topological polar surface area (TPSA) is 89.8 Å². The Bertz CT molecular complexity index is 1490. The normalized spacial score (nSPS) is 10.5. The average molecular weight is 445 g/mol. The Morgan fingerprint density at radius 2 is 1.97 bits per heavy atom. The zero-order valence-electron chi connectivity index (χ0n) is 17.5. The van der Waals surface area contributed by atoms with Gasteiger partial charge in [-0.3, -0.25) is 14.2 Å². The monoisotopic (exact) mass is 445 g/mol. The van der Waals surface area contributed by atoms with Crippen molar-refractivity contribution in [3.8, 4) is 11.8 Å². The fraction of sp³-hybridized carbons (Fsp3) is 0.125. The number of carbonyl (C=O) groups excluding carboxylic acids is 1. The summed E-state index contributed by atoms with van der Waals surface area (Å²) >= 11 is 0. The predicted molar refractivity (Wildman–Crippen MR) is 117 cm³/mol. The average Bonchev–Trinajstić information content (AvgIpc) is 2.81. The third-order valence-corrected chi connectivity index (χ3v) is 4.89. The number of amides is 1. The van der Waals surface area contributed by atoms with Crippen molar-refractivity contribution in [1.82, 2.24) is 24.8 Å². The SMILES string of the molecule is Cc1ncnc2ccc(C#CCNC(=O)c3cncn(Cc4ccc(F)c(F)c4)c3=O)cc12. The van der Waals surface area contributed by atoms with Gasteiger partial charge in [0, 0.05) is 22.8 Å². The molecule has 164 valence electrons. The summed E-state index contributed by atoms with van der Waals surface area (Å²) < 4.78 is 27.7. The van der Waals surface area contributed by atoms with Gasteiger partial charge in [-0.2, -0.15) is 0 Å². The number of nitrogens with zero attached hydrogens (tertiary/aromatic N) is 4. The molecule has 0 spiro atoms. The van der Waals surface area contributed by atoms with Crippen molar-refractivity contribution in [3.05, 3.63) is 99.6 Å². The minimum absolute atomic E-state index is 0.0125. The van der Waals surface area contributed by atoms with Gasteiger partial charge < -0.3 is 5.32 Å². The van der Waals surface area contributed by atoms with Crippen LogP contribution in [0.3, 0.4) is 0 Å². The van der Waals surface area contributed by atoms with Gasteiger partial charge in [0.05, 0.1) is 24.9 Å². The first-order valence-corrected chi connectivity index (χ1v) is 9.89. The van der Waals surface area contributed by atoms with Crippen LogP contribution < -0.4 is 10.9 Å². The molecule has 7 nitrogen and oxygen atoms in total. The van der Waals surface area contributed by atoms with Crippen LogP contribution in [-0.4, -0.2) is 32.0 Å². The highest BCUT2D eigenvalue weighted by atomic mass is 19.2. The smallest absolute Gasteiger partial charge is 0.266 e. The van der Waals surface area contributed by atoms with Crippen LogP contribution in [0.1, 0.15) is 27.2 Å². The Balaban J connectivity index is 1.44. The second-order valence-electron chi connectivity index (χ2n) is 7.16. The van der Waals surface area contributed by atoms with Crippen LogP contribution in [-0.2, 0) is 6.54 Å². The Hall–Kier alpha value is -4.45. The van der Waals surface area contributed by atoms with Crippen molar-refractivity contribution >= 4 is 16.8 Å². The molecule has 2 heterocycles. The lowest BCUT2D eigenvalue weighted by molar-refractivity contribution is 0.0956. The lowest BCUT2D eigenvalue weighted by atomic mass is 10.1. The van der Waals surface area contributed by atoms with Gasteiger partial charge in [0.1, 0.15) is 11.9 Å². The summed E-state index contributed by atoms with van der Waals surface area (Å²) in [5.41, 5.74) is 1.97. The minimum atomic E-state index is -1.02. The molecule has 9 heteroatoms. The van der Waals surface area contributed by atoms with Gasteiger partial charge in [-0.15, -0.1) is 0 Å². The molecular formula is C24H17F2N5O2. The zero-order valence-corrected chi connectivity index (χ0v) is 17.5. The highest BCUT2D eigenvalue weighted by Gasteiger charge is 2.13. The largest absolute Gasteiger partial charge is 0.341 e. The molecule has 0 fully saturated rings. The van der Waals surface area contributed by atoms with E-state index in [9.17, 15) is 18.4 Å². The first kappa shape index (κ1) is 21.8. The molecule has 1 N–H and O–H groups in total. The summed E-state index contributed by atoms with van der Waals surface area (Å²) in [6.45, 7) is 1.84. The highest BCUT2D eigenvalue weighted by molar-refractivity contribution is 5.93. The van der Waals surface area contributed by atoms with Crippen molar-refractivity contribution in [2.24, 2.45) is 0 Å². The summed E-state index contributed by atoms with van der Waals surface area (Å²) in [6.07, 6.45) is 3.88. The molecule has 0 unspecified atom stereocenters. The van der Waals surface area contributed by atoms with Crippen LogP contribution >= 0.6 is 0 Å². The molecule has 0 bridgehead atoms. The predicted octanol–water partition coefficient (Wildman–Crippen LogP) is 2.60. The number of aromatic nitrogens is 4. The molecular weight excluding hydrogens is 428 g/mol. The number of hydrogen-bond acceptors (Lipinski definition) is 5. The lowest BCUT2D eigenvalue weighted by Gasteiger charge is -2.08. The van der Waals surface area contributed by atoms with Crippen molar-refractivity contribution in [2.45, 2.75) is 13.5 Å². The number of carbonyl (C=O) groups is 1. The molecule has 2 aromatic carbocycles. The summed E-state index contributed by atoms with van der Waals surface area (Å²) in [6, 6.07) is 8.86. The third kappa shape index (κ3) is 4.91. The molecule has 0 aliphatic rings. The number of fused-ring (bicyclic) bond motifs is 1. The van der Waals surface area contributed by atoms with Crippen LogP contribution in [0.4, 0.5) is 8.78 Å². The Kier molecular flexibility index (Phi) is 6.17. The Labute approximate surface area is 187 Å². The molecule has 4 aromatic rings. The number of aryl methyl sites for hydroxylation is 1. The van der Waals surface area contributed by atoms with Crippen molar-refractivity contribution in [1.29, 1.82) is 0 Å². The van der Waals surface area contributed by atoms with Crippen LogP contribution in [0.2, 0.25) is 0 Å². The van der Waals surface area contributed by atoms with Crippen molar-refractivity contribution in [3.63, 3.8) is 0 Å². The van der Waals surface area contributed by atoms with E-state index in [2.05, 4.69) is 32.1 Å². The van der Waals surface area contributed by atoms with Gasteiger partial charge in [0.15, 0.2) is 11.6 Å². The molecule has 1 amide bonds. The maximum Gasteiger partial charge on any atom is 0.266 e. The maximum atomic E-state index is 13.4. The molecule has 0 saturated carbocycles. The van der Waals surface area contributed by atoms with Gasteiger partial charge in [-0.1, -0.05) is 17.9 Å². The second kappa shape index (κ2) is 9.36. The summed E-state index contributed by atoms with van der Waals surface area (Å²) in [5.74, 6) is 3.16. The standard InChI is InChI=1S/C24H17F2N5O2/c1-15-18-9-16(5-7-22(18)30-13-29-15)3-2-8-28-23(32)19-11-27-14-31(24(19)33)12-17-4-6-20(25)21(26)10-17/h4-7,9-11,13-14H,8,12H2,1H3,(H,28,32). The molecule has 0 atom stereocenters. The molecule has 0 saturated heterocycles. The van der Waals surface area contributed by atoms with Gasteiger partial charge in [-0.25, -0.2) is 23.7 Å². The van der Waals surface area contributed by atoms with Gasteiger partial charge in [-0.05, 0) is 42.8 Å². The molecule has 33 heavy (non-hydrogen) atoms. The minimum Gasteiger partial charge on any atom is -0.341 e. The van der Waals surface area contributed by atoms with E-state index in [1.165, 1.54) is 18.7 Å². The second-order valence-corrected chi connectivity index (χ2v) is 7.16. The number of hydrogen-bond donors (Lipinski definition) is 1. The number of halogens is 2. The third-order valence-electron chi connectivity index (χ3n) is 4.89. The van der Waals surface area contributed by atoms with E-state index in [1.54, 1.807) is 0 Å². The van der Waals surface area contributed by atoms with E-state index < -0.39 is 23.1 Å². The number of rotatable bonds is 4. The summed E-state index contributed by atoms with van der Waals surface area (Å²) in [7, 11) is 0. The fourth-order valence-corrected chi connectivity index (χ4v) is 3.18. The zero-order chi connectivity index (χ0) is 23.4. The van der Waals surface area contributed by atoms with Crippen molar-refractivity contribution < 1.29 is 13.6 Å². The summed E-state index contributed by atoms with van der Waals surface area (Å²) in [5, 5.41) is 3.46. The van der Waals surface area contributed by atoms with E-state index in [0.717, 1.165) is 45.1 Å². The lowest BCUT2D eigenvalue weighted by Crippen LogP contribution is -2.33. The van der Waals surface area contributed by atoms with Crippen LogP contribution in [0.5, 0.6) is 0 Å². The van der Waals surface area contributed by atoms with Crippen molar-refractivity contribution in [2.75, 3.05) is 6.54 Å². The van der Waals surface area contributed by atoms with Crippen LogP contribution in [0.25, 0.3) is 10.9 Å². The first-order chi connectivity index (χ1) is 15.9. The van der Waals surface area contributed by atoms with Crippen LogP contribution in [0, 0.1) is 30.4 Å². The fourth-order valence-electron chi connectivity index (χ4n) is 3.18. The van der Waals surface area contributed by atoms with Crippen LogP contribution in [0.15, 0.2) is 60.0 Å². The molecule has 4 rings (SSSR count). The van der Waals surface area contributed by atoms with Gasteiger partial charge in [0.25, 0.3) is 11.5 Å². The summed E-state index contributed by atoms with van der Waals surface area (Å²) in [4.78, 5) is 37.3.